The van der Waals surface area contributed by atoms with Crippen LogP contribution in [0.3, 0.4) is 0 Å². The first-order valence-electron chi connectivity index (χ1n) is 17.6. The summed E-state index contributed by atoms with van der Waals surface area (Å²) in [6, 6.07) is 13.5. The molecule has 0 radical (unpaired) electrons. The van der Waals surface area contributed by atoms with Crippen LogP contribution in [0.25, 0.3) is 33.6 Å². The van der Waals surface area contributed by atoms with Gasteiger partial charge in [0.05, 0.1) is 62.3 Å². The van der Waals surface area contributed by atoms with Gasteiger partial charge in [-0.05, 0) is 55.9 Å². The van der Waals surface area contributed by atoms with Crippen molar-refractivity contribution in [3.05, 3.63) is 72.6 Å². The predicted octanol–water partition coefficient (Wildman–Crippen LogP) is 4.49. The minimum atomic E-state index is -0.957. The predicted molar refractivity (Wildman–Crippen MR) is 199 cm³/mol. The Kier molecular flexibility index (Phi) is 13.1. The highest BCUT2D eigenvalue weighted by Crippen LogP contribution is 2.33. The van der Waals surface area contributed by atoms with Gasteiger partial charge >= 0.3 is 12.2 Å². The zero-order valence-electron chi connectivity index (χ0n) is 31.5. The Hall–Kier alpha value is -5.74. The fourth-order valence-electron chi connectivity index (χ4n) is 6.33. The summed E-state index contributed by atoms with van der Waals surface area (Å²) in [6.45, 7) is 5.73. The number of amides is 4. The van der Waals surface area contributed by atoms with Gasteiger partial charge in [0.1, 0.15) is 23.7 Å². The van der Waals surface area contributed by atoms with Crippen molar-refractivity contribution in [1.82, 2.24) is 40.8 Å². The maximum absolute atomic E-state index is 13.6. The van der Waals surface area contributed by atoms with Crippen molar-refractivity contribution in [2.75, 3.05) is 35.0 Å². The molecule has 3 heterocycles. The van der Waals surface area contributed by atoms with Crippen LogP contribution in [0, 0.1) is 0 Å². The zero-order valence-corrected chi connectivity index (χ0v) is 31.5. The number of likely N-dealkylation sites (tertiary alicyclic amines) is 1. The second-order valence-electron chi connectivity index (χ2n) is 13.0. The van der Waals surface area contributed by atoms with Crippen molar-refractivity contribution in [2.24, 2.45) is 0 Å². The van der Waals surface area contributed by atoms with E-state index in [1.165, 1.54) is 28.4 Å². The molecule has 1 aliphatic rings. The maximum atomic E-state index is 13.6. The molecule has 16 heteroatoms. The molecular formula is C38H48N8O8. The van der Waals surface area contributed by atoms with Crippen LogP contribution in [0.1, 0.15) is 57.3 Å². The highest BCUT2D eigenvalue weighted by Gasteiger charge is 2.38. The van der Waals surface area contributed by atoms with Gasteiger partial charge in [-0.25, -0.2) is 19.6 Å². The lowest BCUT2D eigenvalue weighted by molar-refractivity contribution is -0.137. The van der Waals surface area contributed by atoms with Crippen molar-refractivity contribution in [3.63, 3.8) is 0 Å². The van der Waals surface area contributed by atoms with E-state index in [1.54, 1.807) is 38.1 Å². The molecule has 1 saturated heterocycles. The van der Waals surface area contributed by atoms with Crippen LogP contribution in [0.4, 0.5) is 9.59 Å². The summed E-state index contributed by atoms with van der Waals surface area (Å²) < 4.78 is 20.0. The number of carbonyl (C=O) groups is 4. The van der Waals surface area contributed by atoms with Gasteiger partial charge in [-0.15, -0.1) is 0 Å². The first-order chi connectivity index (χ1) is 26.0. The number of nitrogens with one attached hydrogen (secondary N) is 5. The molecule has 0 unspecified atom stereocenters. The average Bonchev–Trinajstić information content (AvgIpc) is 4.00. The number of aromatic nitrogens is 4. The van der Waals surface area contributed by atoms with Crippen LogP contribution >= 0.6 is 0 Å². The molecule has 2 aromatic heterocycles. The minimum Gasteiger partial charge on any atom is -0.453 e. The lowest BCUT2D eigenvalue weighted by Gasteiger charge is -2.30. The molecule has 5 rings (SSSR count). The van der Waals surface area contributed by atoms with Gasteiger partial charge in [-0.3, -0.25) is 9.59 Å². The topological polar surface area (TPSA) is 202 Å². The Labute approximate surface area is 313 Å². The number of imidazole rings is 2. The summed E-state index contributed by atoms with van der Waals surface area (Å²) in [7, 11) is 5.42. The van der Waals surface area contributed by atoms with Gasteiger partial charge in [0.2, 0.25) is 11.8 Å². The van der Waals surface area contributed by atoms with Crippen LogP contribution in [-0.4, -0.2) is 108 Å². The molecule has 5 N–H and O–H groups in total. The van der Waals surface area contributed by atoms with Crippen molar-refractivity contribution >= 4 is 24.0 Å². The summed E-state index contributed by atoms with van der Waals surface area (Å²) in [5, 5.41) is 7.98. The van der Waals surface area contributed by atoms with Gasteiger partial charge in [0.15, 0.2) is 0 Å². The third kappa shape index (κ3) is 9.06. The molecule has 4 aromatic rings. The van der Waals surface area contributed by atoms with E-state index in [-0.39, 0.29) is 11.9 Å². The Balaban J connectivity index is 1.22. The first kappa shape index (κ1) is 39.5. The summed E-state index contributed by atoms with van der Waals surface area (Å²) in [4.78, 5) is 67.8. The number of hydrogen-bond acceptors (Lipinski definition) is 10. The summed E-state index contributed by atoms with van der Waals surface area (Å²) >= 11 is 0. The number of benzene rings is 2. The minimum absolute atomic E-state index is 0.255. The SMILES string of the molecule is COC(=O)N[C@H](C(=O)N[C@H](C)c1ncc(-c2ccc(-c3ccc(-c4cnc([C@@H]5CCCN5C(=O)[C@@H](NC(=O)OC)[C@@H](C)OC)[nH]4)cc3)cc2)[nH]1)[C@@H](C)OC. The maximum Gasteiger partial charge on any atom is 0.407 e. The summed E-state index contributed by atoms with van der Waals surface area (Å²) in [5.74, 6) is 0.536. The normalized spacial score (nSPS) is 16.8. The highest BCUT2D eigenvalue weighted by molar-refractivity contribution is 5.87. The Bertz CT molecular complexity index is 1890. The average molecular weight is 745 g/mol. The molecule has 0 bridgehead atoms. The summed E-state index contributed by atoms with van der Waals surface area (Å²) in [5.41, 5.74) is 5.51. The molecule has 1 fully saturated rings. The van der Waals surface area contributed by atoms with Crippen molar-refractivity contribution in [2.45, 2.75) is 70.0 Å². The fraction of sp³-hybridized carbons (Fsp3) is 0.421. The molecule has 288 valence electrons. The van der Waals surface area contributed by atoms with E-state index in [0.717, 1.165) is 46.5 Å². The molecule has 2 aromatic carbocycles. The van der Waals surface area contributed by atoms with Gasteiger partial charge < -0.3 is 49.8 Å². The summed E-state index contributed by atoms with van der Waals surface area (Å²) in [6.07, 6.45) is 2.43. The molecule has 0 aliphatic carbocycles. The Morgan fingerprint density at radius 3 is 1.76 bits per heavy atom. The second-order valence-corrected chi connectivity index (χ2v) is 13.0. The van der Waals surface area contributed by atoms with Gasteiger partial charge in [0, 0.05) is 20.8 Å². The van der Waals surface area contributed by atoms with E-state index in [4.69, 9.17) is 14.2 Å². The monoisotopic (exact) mass is 744 g/mol. The molecule has 54 heavy (non-hydrogen) atoms. The molecule has 0 saturated carbocycles. The van der Waals surface area contributed by atoms with Crippen LogP contribution in [0.15, 0.2) is 60.9 Å². The smallest absolute Gasteiger partial charge is 0.407 e. The quantitative estimate of drug-likeness (QED) is 0.122. The van der Waals surface area contributed by atoms with Crippen LogP contribution < -0.4 is 16.0 Å². The van der Waals surface area contributed by atoms with Crippen LogP contribution in [0.5, 0.6) is 0 Å². The number of carbonyl (C=O) groups excluding carboxylic acids is 4. The number of hydrogen-bond donors (Lipinski definition) is 5. The van der Waals surface area contributed by atoms with E-state index in [0.29, 0.717) is 18.2 Å². The number of H-pyrrole nitrogens is 2. The number of aromatic amines is 2. The number of alkyl carbamates (subject to hydrolysis) is 2. The standard InChI is InChI=1S/C38H48N8O8/c1-21(41-35(47)31(22(2)51-4)44-37(49)53-6)33-39-19-28(42-33)26-14-10-24(11-15-26)25-12-16-27(17-13-25)29-20-40-34(43-29)30-9-8-18-46(30)36(48)32(23(3)52-5)45-38(50)54-7/h10-17,19-23,30-32H,8-9,18H2,1-7H3,(H,39,42)(H,40,43)(H,41,47)(H,44,49)(H,45,50)/t21-,22-,23-,30+,31+,32+/m1/s1. The highest BCUT2D eigenvalue weighted by atomic mass is 16.5. The van der Waals surface area contributed by atoms with Crippen molar-refractivity contribution in [3.8, 4) is 33.6 Å². The lowest BCUT2D eigenvalue weighted by Crippen LogP contribution is -2.54. The fourth-order valence-corrected chi connectivity index (χ4v) is 6.33. The third-order valence-electron chi connectivity index (χ3n) is 9.68. The number of ether oxygens (including phenoxy) is 4. The van der Waals surface area contributed by atoms with E-state index >= 15 is 0 Å². The van der Waals surface area contributed by atoms with Gasteiger partial charge in [-0.1, -0.05) is 48.5 Å². The molecule has 16 nitrogen and oxygen atoms in total. The van der Waals surface area contributed by atoms with Crippen LogP contribution in [-0.2, 0) is 28.5 Å². The van der Waals surface area contributed by atoms with Gasteiger partial charge in [0.25, 0.3) is 0 Å². The third-order valence-corrected chi connectivity index (χ3v) is 9.68. The van der Waals surface area contributed by atoms with Gasteiger partial charge in [-0.2, -0.15) is 0 Å². The van der Waals surface area contributed by atoms with E-state index in [9.17, 15) is 19.2 Å². The Morgan fingerprint density at radius 1 is 0.704 bits per heavy atom. The van der Waals surface area contributed by atoms with E-state index < -0.39 is 48.4 Å². The molecule has 1 aliphatic heterocycles. The van der Waals surface area contributed by atoms with E-state index in [2.05, 4.69) is 40.6 Å². The number of methoxy groups -OCH3 is 4. The largest absolute Gasteiger partial charge is 0.453 e. The van der Waals surface area contributed by atoms with Crippen molar-refractivity contribution in [1.29, 1.82) is 0 Å². The molecule has 4 amide bonds. The Morgan fingerprint density at radius 2 is 1.20 bits per heavy atom. The number of rotatable bonds is 14. The number of nitrogens with zero attached hydrogens (tertiary/aromatic N) is 3. The lowest BCUT2D eigenvalue weighted by atomic mass is 10.0. The first-order valence-corrected chi connectivity index (χ1v) is 17.6. The molecular weight excluding hydrogens is 696 g/mol. The second kappa shape index (κ2) is 17.9. The molecule has 0 spiro atoms. The van der Waals surface area contributed by atoms with Crippen LogP contribution in [0.2, 0.25) is 0 Å². The zero-order chi connectivity index (χ0) is 38.9. The molecule has 6 atom stereocenters. The van der Waals surface area contributed by atoms with E-state index in [1.807, 2.05) is 48.5 Å². The van der Waals surface area contributed by atoms with Crippen molar-refractivity contribution < 1.29 is 38.1 Å².